The second-order valence-electron chi connectivity index (χ2n) is 6.48. The van der Waals surface area contributed by atoms with E-state index in [0.717, 1.165) is 36.9 Å². The smallest absolute Gasteiger partial charge is 0.145 e. The van der Waals surface area contributed by atoms with Gasteiger partial charge in [0, 0.05) is 31.2 Å². The van der Waals surface area contributed by atoms with E-state index >= 15 is 0 Å². The third kappa shape index (κ3) is 3.39. The molecule has 0 amide bonds. The zero-order chi connectivity index (χ0) is 16.4. The summed E-state index contributed by atoms with van der Waals surface area (Å²) in [5, 5.41) is 11.4. The molecule has 0 N–H and O–H groups in total. The summed E-state index contributed by atoms with van der Waals surface area (Å²) in [4.78, 5) is 6.84. The van der Waals surface area contributed by atoms with Crippen molar-refractivity contribution in [2.24, 2.45) is 5.92 Å². The van der Waals surface area contributed by atoms with Gasteiger partial charge in [-0.3, -0.25) is 9.58 Å². The minimum Gasteiger partial charge on any atom is -0.299 e. The Labute approximate surface area is 146 Å². The lowest BCUT2D eigenvalue weighted by atomic mass is 10.1. The van der Waals surface area contributed by atoms with Crippen LogP contribution in [0.5, 0.6) is 0 Å². The van der Waals surface area contributed by atoms with Crippen LogP contribution in [0.2, 0.25) is 0 Å². The summed E-state index contributed by atoms with van der Waals surface area (Å²) in [6, 6.07) is 8.67. The van der Waals surface area contributed by atoms with E-state index < -0.39 is 0 Å². The van der Waals surface area contributed by atoms with Crippen molar-refractivity contribution < 1.29 is 0 Å². The van der Waals surface area contributed by atoms with Crippen molar-refractivity contribution in [3.8, 4) is 10.7 Å². The summed E-state index contributed by atoms with van der Waals surface area (Å²) >= 11 is 1.60. The fourth-order valence-electron chi connectivity index (χ4n) is 3.33. The molecule has 1 saturated heterocycles. The van der Waals surface area contributed by atoms with Gasteiger partial charge in [0.2, 0.25) is 0 Å². The predicted molar refractivity (Wildman–Crippen MR) is 95.7 cm³/mol. The van der Waals surface area contributed by atoms with Crippen LogP contribution < -0.4 is 0 Å². The molecule has 2 aromatic heterocycles. The summed E-state index contributed by atoms with van der Waals surface area (Å²) in [7, 11) is 0. The van der Waals surface area contributed by atoms with Crippen LogP contribution in [0.4, 0.5) is 0 Å². The number of aromatic nitrogens is 4. The van der Waals surface area contributed by atoms with Gasteiger partial charge in [-0.05, 0) is 36.9 Å². The monoisotopic (exact) mass is 339 g/mol. The van der Waals surface area contributed by atoms with E-state index in [0.29, 0.717) is 5.92 Å². The molecule has 4 rings (SSSR count). The number of nitrogens with zero attached hydrogens (tertiary/aromatic N) is 5. The Morgan fingerprint density at radius 1 is 1.29 bits per heavy atom. The molecular weight excluding hydrogens is 318 g/mol. The SMILES string of the molecule is Cc1ccccc1CN1CCC(Cn2cc(-c3nccs3)nn2)C1. The Morgan fingerprint density at radius 3 is 3.04 bits per heavy atom. The van der Waals surface area contributed by atoms with Gasteiger partial charge in [-0.15, -0.1) is 16.4 Å². The molecule has 1 aliphatic heterocycles. The Hall–Kier alpha value is -2.05. The molecule has 1 fully saturated rings. The summed E-state index contributed by atoms with van der Waals surface area (Å²) in [5.41, 5.74) is 3.69. The zero-order valence-electron chi connectivity index (χ0n) is 13.8. The molecule has 124 valence electrons. The average molecular weight is 339 g/mol. The number of hydrogen-bond donors (Lipinski definition) is 0. The van der Waals surface area contributed by atoms with E-state index in [-0.39, 0.29) is 0 Å². The number of likely N-dealkylation sites (tertiary alicyclic amines) is 1. The number of hydrogen-bond acceptors (Lipinski definition) is 5. The molecule has 0 aliphatic carbocycles. The highest BCUT2D eigenvalue weighted by molar-refractivity contribution is 7.13. The lowest BCUT2D eigenvalue weighted by molar-refractivity contribution is 0.305. The average Bonchev–Trinajstić information content (AvgIpc) is 3.32. The number of rotatable bonds is 5. The van der Waals surface area contributed by atoms with Crippen LogP contribution in [0.1, 0.15) is 17.5 Å². The van der Waals surface area contributed by atoms with E-state index in [1.165, 1.54) is 17.5 Å². The van der Waals surface area contributed by atoms with Crippen molar-refractivity contribution in [3.05, 3.63) is 53.2 Å². The normalized spacial score (nSPS) is 18.3. The minimum absolute atomic E-state index is 0.639. The van der Waals surface area contributed by atoms with Crippen LogP contribution in [0.25, 0.3) is 10.7 Å². The third-order valence-electron chi connectivity index (χ3n) is 4.66. The van der Waals surface area contributed by atoms with Gasteiger partial charge in [0.15, 0.2) is 0 Å². The first-order valence-corrected chi connectivity index (χ1v) is 9.23. The Balaban J connectivity index is 1.35. The first-order chi connectivity index (χ1) is 11.8. The number of benzene rings is 1. The molecule has 0 spiro atoms. The second kappa shape index (κ2) is 6.83. The van der Waals surface area contributed by atoms with Crippen LogP contribution >= 0.6 is 11.3 Å². The molecule has 1 aliphatic rings. The number of thiazole rings is 1. The van der Waals surface area contributed by atoms with Crippen LogP contribution in [-0.4, -0.2) is 38.0 Å². The minimum atomic E-state index is 0.639. The Kier molecular flexibility index (Phi) is 4.40. The maximum Gasteiger partial charge on any atom is 0.145 e. The van der Waals surface area contributed by atoms with Crippen molar-refractivity contribution in [2.75, 3.05) is 13.1 Å². The molecule has 5 nitrogen and oxygen atoms in total. The molecule has 6 heteroatoms. The van der Waals surface area contributed by atoms with Crippen molar-refractivity contribution in [1.82, 2.24) is 24.9 Å². The molecular formula is C18H21N5S. The highest BCUT2D eigenvalue weighted by atomic mass is 32.1. The van der Waals surface area contributed by atoms with E-state index in [2.05, 4.69) is 51.4 Å². The maximum atomic E-state index is 4.29. The van der Waals surface area contributed by atoms with E-state index in [4.69, 9.17) is 0 Å². The van der Waals surface area contributed by atoms with E-state index in [1.807, 2.05) is 16.3 Å². The summed E-state index contributed by atoms with van der Waals surface area (Å²) in [6.07, 6.45) is 5.04. The van der Waals surface area contributed by atoms with Crippen molar-refractivity contribution in [3.63, 3.8) is 0 Å². The lowest BCUT2D eigenvalue weighted by Gasteiger charge is -2.17. The molecule has 24 heavy (non-hydrogen) atoms. The number of aryl methyl sites for hydroxylation is 1. The summed E-state index contributed by atoms with van der Waals surface area (Å²) in [6.45, 7) is 6.46. The largest absolute Gasteiger partial charge is 0.299 e. The Bertz CT molecular complexity index is 795. The molecule has 1 atom stereocenters. The standard InChI is InChI=1S/C18H21N5S/c1-14-4-2-3-5-16(14)12-22-8-6-15(10-22)11-23-13-17(20-21-23)18-19-7-9-24-18/h2-5,7,9,13,15H,6,8,10-12H2,1H3. The van der Waals surface area contributed by atoms with Crippen LogP contribution in [0.15, 0.2) is 42.0 Å². The highest BCUT2D eigenvalue weighted by Gasteiger charge is 2.23. The highest BCUT2D eigenvalue weighted by Crippen LogP contribution is 2.23. The fourth-order valence-corrected chi connectivity index (χ4v) is 3.92. The van der Waals surface area contributed by atoms with Crippen molar-refractivity contribution in [2.45, 2.75) is 26.4 Å². The van der Waals surface area contributed by atoms with Gasteiger partial charge in [0.05, 0.1) is 6.20 Å². The first-order valence-electron chi connectivity index (χ1n) is 8.35. The first kappa shape index (κ1) is 15.5. The molecule has 0 saturated carbocycles. The van der Waals surface area contributed by atoms with Gasteiger partial charge in [-0.1, -0.05) is 29.5 Å². The van der Waals surface area contributed by atoms with E-state index in [9.17, 15) is 0 Å². The van der Waals surface area contributed by atoms with Crippen molar-refractivity contribution >= 4 is 11.3 Å². The quantitative estimate of drug-likeness (QED) is 0.716. The molecule has 3 heterocycles. The fraction of sp³-hybridized carbons (Fsp3) is 0.389. The van der Waals surface area contributed by atoms with E-state index in [1.54, 1.807) is 17.5 Å². The molecule has 1 unspecified atom stereocenters. The lowest BCUT2D eigenvalue weighted by Crippen LogP contribution is -2.22. The van der Waals surface area contributed by atoms with Gasteiger partial charge < -0.3 is 0 Å². The van der Waals surface area contributed by atoms with Gasteiger partial charge in [-0.25, -0.2) is 4.98 Å². The summed E-state index contributed by atoms with van der Waals surface area (Å²) in [5.74, 6) is 0.639. The van der Waals surface area contributed by atoms with Crippen LogP contribution in [0, 0.1) is 12.8 Å². The third-order valence-corrected chi connectivity index (χ3v) is 5.46. The molecule has 3 aromatic rings. The maximum absolute atomic E-state index is 4.29. The second-order valence-corrected chi connectivity index (χ2v) is 7.37. The van der Waals surface area contributed by atoms with Gasteiger partial charge >= 0.3 is 0 Å². The van der Waals surface area contributed by atoms with Crippen LogP contribution in [-0.2, 0) is 13.1 Å². The van der Waals surface area contributed by atoms with Crippen molar-refractivity contribution in [1.29, 1.82) is 0 Å². The van der Waals surface area contributed by atoms with Gasteiger partial charge in [-0.2, -0.15) is 0 Å². The zero-order valence-corrected chi connectivity index (χ0v) is 14.6. The Morgan fingerprint density at radius 2 is 2.21 bits per heavy atom. The summed E-state index contributed by atoms with van der Waals surface area (Å²) < 4.78 is 1.97. The molecule has 1 aromatic carbocycles. The predicted octanol–water partition coefficient (Wildman–Crippen LogP) is 3.23. The molecule has 0 radical (unpaired) electrons. The van der Waals surface area contributed by atoms with Gasteiger partial charge in [0.1, 0.15) is 10.7 Å². The van der Waals surface area contributed by atoms with Crippen LogP contribution in [0.3, 0.4) is 0 Å². The molecule has 0 bridgehead atoms. The van der Waals surface area contributed by atoms with Gasteiger partial charge in [0.25, 0.3) is 0 Å². The topological polar surface area (TPSA) is 46.8 Å².